The van der Waals surface area contributed by atoms with Gasteiger partial charge in [-0.15, -0.1) is 0 Å². The van der Waals surface area contributed by atoms with Gasteiger partial charge in [-0.2, -0.15) is 10.2 Å². The molecule has 146 valence electrons. The van der Waals surface area contributed by atoms with Crippen LogP contribution < -0.4 is 5.32 Å². The Hall–Kier alpha value is -2.86. The van der Waals surface area contributed by atoms with E-state index >= 15 is 0 Å². The zero-order valence-corrected chi connectivity index (χ0v) is 17.3. The van der Waals surface area contributed by atoms with Crippen molar-refractivity contribution in [2.45, 2.75) is 40.8 Å². The van der Waals surface area contributed by atoms with Crippen LogP contribution in [-0.2, 0) is 17.9 Å². The average molecular weight is 398 g/mol. The predicted octanol–water partition coefficient (Wildman–Crippen LogP) is 4.38. The first-order chi connectivity index (χ1) is 13.4. The first-order valence-electron chi connectivity index (χ1n) is 9.19. The summed E-state index contributed by atoms with van der Waals surface area (Å²) in [6.45, 7) is 9.25. The SMILES string of the molecule is CCn1ncc(/C=C/C(=O)Nc2c(C)nn(Cc3cccc(Cl)c3)c2C)c1C. The van der Waals surface area contributed by atoms with Gasteiger partial charge in [-0.3, -0.25) is 14.2 Å². The number of amides is 1. The van der Waals surface area contributed by atoms with Crippen molar-refractivity contribution in [3.05, 3.63) is 69.8 Å². The number of nitrogens with zero attached hydrogens (tertiary/aromatic N) is 4. The van der Waals surface area contributed by atoms with E-state index in [4.69, 9.17) is 11.6 Å². The smallest absolute Gasteiger partial charge is 0.248 e. The highest BCUT2D eigenvalue weighted by Gasteiger charge is 2.13. The largest absolute Gasteiger partial charge is 0.319 e. The third-order valence-corrected chi connectivity index (χ3v) is 4.94. The number of aromatic nitrogens is 4. The second-order valence-electron chi connectivity index (χ2n) is 6.66. The molecule has 0 aliphatic rings. The summed E-state index contributed by atoms with van der Waals surface area (Å²) < 4.78 is 3.77. The summed E-state index contributed by atoms with van der Waals surface area (Å²) in [6.07, 6.45) is 5.07. The van der Waals surface area contributed by atoms with Gasteiger partial charge in [-0.25, -0.2) is 0 Å². The molecule has 2 aromatic heterocycles. The van der Waals surface area contributed by atoms with Crippen LogP contribution in [0.3, 0.4) is 0 Å². The lowest BCUT2D eigenvalue weighted by molar-refractivity contribution is -0.111. The minimum Gasteiger partial charge on any atom is -0.319 e. The maximum atomic E-state index is 12.4. The summed E-state index contributed by atoms with van der Waals surface area (Å²) in [4.78, 5) is 12.4. The monoisotopic (exact) mass is 397 g/mol. The minimum atomic E-state index is -0.197. The Morgan fingerprint density at radius 1 is 1.21 bits per heavy atom. The molecule has 0 saturated carbocycles. The van der Waals surface area contributed by atoms with E-state index in [0.717, 1.165) is 40.4 Å². The average Bonchev–Trinajstić information content (AvgIpc) is 3.14. The number of carbonyl (C=O) groups excluding carboxylic acids is 1. The summed E-state index contributed by atoms with van der Waals surface area (Å²) in [5, 5.41) is 12.5. The van der Waals surface area contributed by atoms with Crippen LogP contribution in [0.25, 0.3) is 6.08 Å². The zero-order chi connectivity index (χ0) is 20.3. The van der Waals surface area contributed by atoms with E-state index < -0.39 is 0 Å². The summed E-state index contributed by atoms with van der Waals surface area (Å²) in [6, 6.07) is 7.68. The maximum Gasteiger partial charge on any atom is 0.248 e. The molecule has 2 heterocycles. The lowest BCUT2D eigenvalue weighted by Crippen LogP contribution is -2.10. The first-order valence-corrected chi connectivity index (χ1v) is 9.56. The molecule has 0 spiro atoms. The van der Waals surface area contributed by atoms with E-state index in [1.807, 2.05) is 61.3 Å². The fourth-order valence-corrected chi connectivity index (χ4v) is 3.33. The molecule has 0 atom stereocenters. The number of benzene rings is 1. The Bertz CT molecular complexity index is 1030. The van der Waals surface area contributed by atoms with Crippen molar-refractivity contribution in [1.82, 2.24) is 19.6 Å². The van der Waals surface area contributed by atoms with E-state index in [1.54, 1.807) is 12.3 Å². The first kappa shape index (κ1) is 19.9. The van der Waals surface area contributed by atoms with Crippen LogP contribution in [0.2, 0.25) is 5.02 Å². The summed E-state index contributed by atoms with van der Waals surface area (Å²) in [5.41, 5.74) is 5.43. The second kappa shape index (κ2) is 8.44. The van der Waals surface area contributed by atoms with Crippen molar-refractivity contribution in [3.8, 4) is 0 Å². The summed E-state index contributed by atoms with van der Waals surface area (Å²) >= 11 is 6.06. The van der Waals surface area contributed by atoms with Crippen LogP contribution in [0, 0.1) is 20.8 Å². The number of rotatable bonds is 6. The molecule has 0 fully saturated rings. The molecule has 3 aromatic rings. The molecular formula is C21H24ClN5O. The molecule has 6 nitrogen and oxygen atoms in total. The van der Waals surface area contributed by atoms with Gasteiger partial charge in [0, 0.05) is 28.9 Å². The van der Waals surface area contributed by atoms with Crippen molar-refractivity contribution in [2.75, 3.05) is 5.32 Å². The predicted molar refractivity (Wildman–Crippen MR) is 113 cm³/mol. The number of halogens is 1. The van der Waals surface area contributed by atoms with Crippen molar-refractivity contribution >= 4 is 29.3 Å². The van der Waals surface area contributed by atoms with E-state index in [9.17, 15) is 4.79 Å². The lowest BCUT2D eigenvalue weighted by atomic mass is 10.2. The topological polar surface area (TPSA) is 64.7 Å². The van der Waals surface area contributed by atoms with Crippen molar-refractivity contribution < 1.29 is 4.79 Å². The van der Waals surface area contributed by atoms with Gasteiger partial charge >= 0.3 is 0 Å². The number of carbonyl (C=O) groups is 1. The molecule has 1 N–H and O–H groups in total. The molecule has 0 radical (unpaired) electrons. The molecule has 28 heavy (non-hydrogen) atoms. The van der Waals surface area contributed by atoms with Gasteiger partial charge in [0.05, 0.1) is 29.8 Å². The van der Waals surface area contributed by atoms with E-state index in [-0.39, 0.29) is 5.91 Å². The van der Waals surface area contributed by atoms with Gasteiger partial charge in [0.1, 0.15) is 0 Å². The van der Waals surface area contributed by atoms with Crippen LogP contribution in [0.15, 0.2) is 36.5 Å². The van der Waals surface area contributed by atoms with Crippen molar-refractivity contribution in [3.63, 3.8) is 0 Å². The highest BCUT2D eigenvalue weighted by atomic mass is 35.5. The quantitative estimate of drug-likeness (QED) is 0.628. The molecule has 7 heteroatoms. The molecule has 1 amide bonds. The number of hydrogen-bond donors (Lipinski definition) is 1. The van der Waals surface area contributed by atoms with Gasteiger partial charge in [-0.1, -0.05) is 23.7 Å². The van der Waals surface area contributed by atoms with E-state index in [2.05, 4.69) is 15.5 Å². The molecule has 0 aliphatic carbocycles. The molecule has 0 aliphatic heterocycles. The van der Waals surface area contributed by atoms with E-state index in [1.165, 1.54) is 6.08 Å². The molecular weight excluding hydrogens is 374 g/mol. The lowest BCUT2D eigenvalue weighted by Gasteiger charge is -2.06. The van der Waals surface area contributed by atoms with Gasteiger partial charge in [0.15, 0.2) is 0 Å². The maximum absolute atomic E-state index is 12.4. The van der Waals surface area contributed by atoms with Crippen molar-refractivity contribution in [1.29, 1.82) is 0 Å². The standard InChI is InChI=1S/C21H24ClN5O/c1-5-26-15(3)18(12-23-26)9-10-20(28)24-21-14(2)25-27(16(21)4)13-17-7-6-8-19(22)11-17/h6-12H,5,13H2,1-4H3,(H,24,28)/b10-9+. The highest BCUT2D eigenvalue weighted by molar-refractivity contribution is 6.30. The zero-order valence-electron chi connectivity index (χ0n) is 16.5. The fraction of sp³-hybridized carbons (Fsp3) is 0.286. The van der Waals surface area contributed by atoms with Gasteiger partial charge in [-0.05, 0) is 51.5 Å². The highest BCUT2D eigenvalue weighted by Crippen LogP contribution is 2.21. The Morgan fingerprint density at radius 2 is 2.00 bits per heavy atom. The van der Waals surface area contributed by atoms with Crippen LogP contribution in [0.5, 0.6) is 0 Å². The Kier molecular flexibility index (Phi) is 5.99. The van der Waals surface area contributed by atoms with Gasteiger partial charge < -0.3 is 5.32 Å². The van der Waals surface area contributed by atoms with Crippen LogP contribution >= 0.6 is 11.6 Å². The molecule has 0 unspecified atom stereocenters. The Labute approximate surface area is 169 Å². The number of hydrogen-bond acceptors (Lipinski definition) is 3. The summed E-state index contributed by atoms with van der Waals surface area (Å²) in [5.74, 6) is -0.197. The van der Waals surface area contributed by atoms with Crippen LogP contribution in [0.1, 0.15) is 35.1 Å². The Morgan fingerprint density at radius 3 is 2.68 bits per heavy atom. The second-order valence-corrected chi connectivity index (χ2v) is 7.09. The molecule has 0 bridgehead atoms. The molecule has 1 aromatic carbocycles. The van der Waals surface area contributed by atoms with Crippen LogP contribution in [-0.4, -0.2) is 25.5 Å². The number of anilines is 1. The minimum absolute atomic E-state index is 0.197. The third-order valence-electron chi connectivity index (χ3n) is 4.71. The number of aryl methyl sites for hydroxylation is 2. The normalized spacial score (nSPS) is 11.3. The Balaban J connectivity index is 1.73. The van der Waals surface area contributed by atoms with Gasteiger partial charge in [0.2, 0.25) is 5.91 Å². The molecule has 0 saturated heterocycles. The van der Waals surface area contributed by atoms with E-state index in [0.29, 0.717) is 11.6 Å². The van der Waals surface area contributed by atoms with Crippen LogP contribution in [0.4, 0.5) is 5.69 Å². The fourth-order valence-electron chi connectivity index (χ4n) is 3.11. The molecule has 3 rings (SSSR count). The number of nitrogens with one attached hydrogen (secondary N) is 1. The van der Waals surface area contributed by atoms with Gasteiger partial charge in [0.25, 0.3) is 0 Å². The third kappa shape index (κ3) is 4.34. The van der Waals surface area contributed by atoms with Crippen molar-refractivity contribution in [2.24, 2.45) is 0 Å². The summed E-state index contributed by atoms with van der Waals surface area (Å²) in [7, 11) is 0.